The second-order valence-corrected chi connectivity index (χ2v) is 4.01. The number of rotatable bonds is 7. The lowest BCUT2D eigenvalue weighted by atomic mass is 10.2. The van der Waals surface area contributed by atoms with Gasteiger partial charge in [-0.2, -0.15) is 5.26 Å². The highest BCUT2D eigenvalue weighted by molar-refractivity contribution is 5.94. The van der Waals surface area contributed by atoms with E-state index in [-0.39, 0.29) is 5.91 Å². The molecule has 1 rings (SSSR count). The van der Waals surface area contributed by atoms with Crippen molar-refractivity contribution >= 4 is 11.6 Å². The minimum absolute atomic E-state index is 0.205. The molecule has 0 fully saturated rings. The maximum atomic E-state index is 11.6. The van der Waals surface area contributed by atoms with Crippen LogP contribution in [-0.4, -0.2) is 25.7 Å². The van der Waals surface area contributed by atoms with Crippen molar-refractivity contribution < 1.29 is 14.3 Å². The molecule has 0 bridgehead atoms. The molecule has 0 aromatic heterocycles. The van der Waals surface area contributed by atoms with Crippen LogP contribution in [-0.2, 0) is 9.53 Å². The highest BCUT2D eigenvalue weighted by Gasteiger charge is 2.11. The Bertz CT molecular complexity index is 454. The normalized spacial score (nSPS) is 11.4. The number of nitrogens with one attached hydrogen (secondary N) is 1. The van der Waals surface area contributed by atoms with Crippen molar-refractivity contribution in [3.63, 3.8) is 0 Å². The number of hydrogen-bond acceptors (Lipinski definition) is 4. The highest BCUT2D eigenvalue weighted by atomic mass is 16.5. The van der Waals surface area contributed by atoms with Crippen molar-refractivity contribution in [2.75, 3.05) is 19.0 Å². The monoisotopic (exact) mass is 262 g/mol. The van der Waals surface area contributed by atoms with E-state index in [1.165, 1.54) is 7.11 Å². The van der Waals surface area contributed by atoms with Crippen LogP contribution in [0.15, 0.2) is 24.3 Å². The van der Waals surface area contributed by atoms with Gasteiger partial charge in [0.2, 0.25) is 0 Å². The van der Waals surface area contributed by atoms with E-state index in [9.17, 15) is 4.79 Å². The van der Waals surface area contributed by atoms with Gasteiger partial charge in [-0.25, -0.2) is 0 Å². The van der Waals surface area contributed by atoms with Gasteiger partial charge in [0.05, 0.1) is 12.7 Å². The maximum absolute atomic E-state index is 11.6. The van der Waals surface area contributed by atoms with Crippen molar-refractivity contribution in [2.45, 2.75) is 25.9 Å². The van der Waals surface area contributed by atoms with Gasteiger partial charge in [0.15, 0.2) is 0 Å². The van der Waals surface area contributed by atoms with Crippen LogP contribution in [0.4, 0.5) is 5.69 Å². The van der Waals surface area contributed by atoms with Crippen molar-refractivity contribution in [2.24, 2.45) is 0 Å². The van der Waals surface area contributed by atoms with E-state index in [4.69, 9.17) is 14.7 Å². The molecule has 0 spiro atoms. The SMILES string of the molecule is COC(C)C(=O)Nc1cccc(OCCCC#N)c1. The number of carbonyl (C=O) groups excluding carboxylic acids is 1. The lowest BCUT2D eigenvalue weighted by molar-refractivity contribution is -0.124. The van der Waals surface area contributed by atoms with Crippen molar-refractivity contribution in [3.8, 4) is 11.8 Å². The third-order valence-corrected chi connectivity index (χ3v) is 2.53. The minimum atomic E-state index is -0.500. The third-order valence-electron chi connectivity index (χ3n) is 2.53. The Hall–Kier alpha value is -2.06. The summed E-state index contributed by atoms with van der Waals surface area (Å²) in [5.41, 5.74) is 0.659. The van der Waals surface area contributed by atoms with E-state index in [0.29, 0.717) is 30.9 Å². The Morgan fingerprint density at radius 1 is 1.53 bits per heavy atom. The largest absolute Gasteiger partial charge is 0.493 e. The van der Waals surface area contributed by atoms with Gasteiger partial charge < -0.3 is 14.8 Å². The lowest BCUT2D eigenvalue weighted by Crippen LogP contribution is -2.26. The van der Waals surface area contributed by atoms with Crippen LogP contribution in [0.1, 0.15) is 19.8 Å². The Kier molecular flexibility index (Phi) is 6.41. The molecular weight excluding hydrogens is 244 g/mol. The lowest BCUT2D eigenvalue weighted by Gasteiger charge is -2.11. The number of nitriles is 1. The number of methoxy groups -OCH3 is 1. The summed E-state index contributed by atoms with van der Waals surface area (Å²) >= 11 is 0. The van der Waals surface area contributed by atoms with Gasteiger partial charge in [-0.1, -0.05) is 6.07 Å². The molecule has 5 nitrogen and oxygen atoms in total. The van der Waals surface area contributed by atoms with Crippen LogP contribution in [0.2, 0.25) is 0 Å². The average Bonchev–Trinajstić information content (AvgIpc) is 2.43. The molecule has 1 unspecified atom stereocenters. The van der Waals surface area contributed by atoms with Gasteiger partial charge in [-0.05, 0) is 25.5 Å². The predicted molar refractivity (Wildman–Crippen MR) is 71.9 cm³/mol. The fourth-order valence-electron chi connectivity index (χ4n) is 1.36. The first kappa shape index (κ1) is 15.0. The Labute approximate surface area is 113 Å². The molecule has 0 heterocycles. The summed E-state index contributed by atoms with van der Waals surface area (Å²) in [4.78, 5) is 11.6. The minimum Gasteiger partial charge on any atom is -0.493 e. The van der Waals surface area contributed by atoms with Crippen LogP contribution in [0.5, 0.6) is 5.75 Å². The highest BCUT2D eigenvalue weighted by Crippen LogP contribution is 2.18. The predicted octanol–water partition coefficient (Wildman–Crippen LogP) is 2.34. The molecule has 1 aromatic carbocycles. The number of carbonyl (C=O) groups is 1. The first-order valence-electron chi connectivity index (χ1n) is 6.11. The smallest absolute Gasteiger partial charge is 0.253 e. The van der Waals surface area contributed by atoms with Gasteiger partial charge in [0.25, 0.3) is 5.91 Å². The summed E-state index contributed by atoms with van der Waals surface area (Å²) in [6.45, 7) is 2.16. The van der Waals surface area contributed by atoms with Gasteiger partial charge in [0.1, 0.15) is 11.9 Å². The molecule has 0 aliphatic heterocycles. The zero-order valence-electron chi connectivity index (χ0n) is 11.2. The fourth-order valence-corrected chi connectivity index (χ4v) is 1.36. The zero-order chi connectivity index (χ0) is 14.1. The fraction of sp³-hybridized carbons (Fsp3) is 0.429. The Balaban J connectivity index is 2.52. The number of nitrogens with zero attached hydrogens (tertiary/aromatic N) is 1. The first-order valence-corrected chi connectivity index (χ1v) is 6.11. The van der Waals surface area contributed by atoms with Crippen molar-refractivity contribution in [1.29, 1.82) is 5.26 Å². The second-order valence-electron chi connectivity index (χ2n) is 4.01. The Morgan fingerprint density at radius 3 is 3.00 bits per heavy atom. The average molecular weight is 262 g/mol. The molecule has 0 radical (unpaired) electrons. The quantitative estimate of drug-likeness (QED) is 0.766. The standard InChI is InChI=1S/C14H18N2O3/c1-11(18-2)14(17)16-12-6-5-7-13(10-12)19-9-4-3-8-15/h5-7,10-11H,3-4,9H2,1-2H3,(H,16,17). The van der Waals surface area contributed by atoms with Crippen molar-refractivity contribution in [3.05, 3.63) is 24.3 Å². The maximum Gasteiger partial charge on any atom is 0.253 e. The molecular formula is C14H18N2O3. The zero-order valence-corrected chi connectivity index (χ0v) is 11.2. The molecule has 0 aliphatic carbocycles. The molecule has 1 N–H and O–H groups in total. The number of ether oxygens (including phenoxy) is 2. The van der Waals surface area contributed by atoms with E-state index < -0.39 is 6.10 Å². The molecule has 102 valence electrons. The van der Waals surface area contributed by atoms with Crippen LogP contribution in [0.25, 0.3) is 0 Å². The molecule has 19 heavy (non-hydrogen) atoms. The summed E-state index contributed by atoms with van der Waals surface area (Å²) in [5, 5.41) is 11.2. The summed E-state index contributed by atoms with van der Waals surface area (Å²) in [5.74, 6) is 0.463. The number of anilines is 1. The van der Waals surface area contributed by atoms with E-state index >= 15 is 0 Å². The number of amides is 1. The van der Waals surface area contributed by atoms with Gasteiger partial charge in [0, 0.05) is 25.3 Å². The van der Waals surface area contributed by atoms with Crippen LogP contribution in [0, 0.1) is 11.3 Å². The van der Waals surface area contributed by atoms with Gasteiger partial charge in [-0.3, -0.25) is 4.79 Å². The van der Waals surface area contributed by atoms with E-state index in [2.05, 4.69) is 11.4 Å². The molecule has 0 saturated heterocycles. The number of hydrogen-bond donors (Lipinski definition) is 1. The summed E-state index contributed by atoms with van der Waals surface area (Å²) in [6, 6.07) is 9.19. The van der Waals surface area contributed by atoms with E-state index in [0.717, 1.165) is 0 Å². The molecule has 0 saturated carbocycles. The third kappa shape index (κ3) is 5.40. The topological polar surface area (TPSA) is 71.3 Å². The molecule has 0 aliphatic rings. The molecule has 1 aromatic rings. The van der Waals surface area contributed by atoms with E-state index in [1.807, 2.05) is 6.07 Å². The Morgan fingerprint density at radius 2 is 2.32 bits per heavy atom. The summed E-state index contributed by atoms with van der Waals surface area (Å²) < 4.78 is 10.4. The summed E-state index contributed by atoms with van der Waals surface area (Å²) in [7, 11) is 1.49. The van der Waals surface area contributed by atoms with E-state index in [1.54, 1.807) is 25.1 Å². The molecule has 1 atom stereocenters. The summed E-state index contributed by atoms with van der Waals surface area (Å²) in [6.07, 6.45) is 0.662. The first-order chi connectivity index (χ1) is 9.17. The second kappa shape index (κ2) is 8.11. The van der Waals surface area contributed by atoms with Crippen LogP contribution >= 0.6 is 0 Å². The van der Waals surface area contributed by atoms with Crippen LogP contribution < -0.4 is 10.1 Å². The van der Waals surface area contributed by atoms with Gasteiger partial charge >= 0.3 is 0 Å². The van der Waals surface area contributed by atoms with Crippen molar-refractivity contribution in [1.82, 2.24) is 0 Å². The molecule has 5 heteroatoms. The molecule has 1 amide bonds. The van der Waals surface area contributed by atoms with Crippen LogP contribution in [0.3, 0.4) is 0 Å². The number of unbranched alkanes of at least 4 members (excludes halogenated alkanes) is 1. The van der Waals surface area contributed by atoms with Gasteiger partial charge in [-0.15, -0.1) is 0 Å². The number of benzene rings is 1.